The van der Waals surface area contributed by atoms with Crippen molar-refractivity contribution in [3.63, 3.8) is 0 Å². The molecule has 94 valence electrons. The van der Waals surface area contributed by atoms with Crippen LogP contribution in [0.25, 0.3) is 0 Å². The van der Waals surface area contributed by atoms with Gasteiger partial charge in [-0.3, -0.25) is 4.79 Å². The summed E-state index contributed by atoms with van der Waals surface area (Å²) >= 11 is 0. The molecule has 0 aromatic heterocycles. The Hall–Kier alpha value is -1.75. The number of nitrogens with two attached hydrogens (primary N) is 1. The molecule has 5 nitrogen and oxygen atoms in total. The molecule has 1 aromatic carbocycles. The minimum Gasteiger partial charge on any atom is -0.496 e. The van der Waals surface area contributed by atoms with Crippen molar-refractivity contribution in [1.82, 2.24) is 0 Å². The molecule has 0 aliphatic rings. The monoisotopic (exact) mass is 239 g/mol. The highest BCUT2D eigenvalue weighted by Gasteiger charge is 2.23. The fraction of sp³-hybridized carbons (Fsp3) is 0.417. The lowest BCUT2D eigenvalue weighted by Gasteiger charge is -2.19. The van der Waals surface area contributed by atoms with Crippen molar-refractivity contribution in [1.29, 1.82) is 0 Å². The molecule has 17 heavy (non-hydrogen) atoms. The number of carbonyl (C=O) groups is 1. The van der Waals surface area contributed by atoms with Gasteiger partial charge in [0, 0.05) is 0 Å². The van der Waals surface area contributed by atoms with E-state index in [1.807, 2.05) is 13.8 Å². The second-order valence-electron chi connectivity index (χ2n) is 3.85. The van der Waals surface area contributed by atoms with Crippen LogP contribution in [0.1, 0.15) is 25.5 Å². The maximum atomic E-state index is 11.0. The zero-order chi connectivity index (χ0) is 13.0. The molecule has 0 heterocycles. The lowest BCUT2D eigenvalue weighted by molar-refractivity contribution is -0.138. The van der Waals surface area contributed by atoms with Crippen molar-refractivity contribution in [3.8, 4) is 11.5 Å². The van der Waals surface area contributed by atoms with E-state index in [4.69, 9.17) is 20.3 Å². The molecule has 0 saturated carbocycles. The first kappa shape index (κ1) is 13.3. The zero-order valence-corrected chi connectivity index (χ0v) is 10.1. The van der Waals surface area contributed by atoms with Crippen LogP contribution in [0.5, 0.6) is 11.5 Å². The van der Waals surface area contributed by atoms with Gasteiger partial charge in [-0.2, -0.15) is 0 Å². The minimum absolute atomic E-state index is 0.0677. The molecule has 0 saturated heterocycles. The van der Waals surface area contributed by atoms with Gasteiger partial charge in [0.05, 0.1) is 18.8 Å². The van der Waals surface area contributed by atoms with E-state index in [9.17, 15) is 4.79 Å². The normalized spacial score (nSPS) is 12.3. The van der Waals surface area contributed by atoms with Crippen molar-refractivity contribution in [3.05, 3.63) is 23.8 Å². The van der Waals surface area contributed by atoms with Crippen LogP contribution in [0.3, 0.4) is 0 Å². The van der Waals surface area contributed by atoms with E-state index in [1.165, 1.54) is 7.11 Å². The van der Waals surface area contributed by atoms with E-state index in [1.54, 1.807) is 18.2 Å². The van der Waals surface area contributed by atoms with Crippen molar-refractivity contribution < 1.29 is 19.4 Å². The van der Waals surface area contributed by atoms with Gasteiger partial charge >= 0.3 is 5.97 Å². The number of ether oxygens (including phenoxy) is 2. The Kier molecular flexibility index (Phi) is 4.34. The molecule has 0 aliphatic carbocycles. The fourth-order valence-electron chi connectivity index (χ4n) is 1.49. The van der Waals surface area contributed by atoms with Crippen LogP contribution in [0.15, 0.2) is 18.2 Å². The molecule has 1 unspecified atom stereocenters. The Morgan fingerprint density at radius 2 is 1.94 bits per heavy atom. The molecule has 1 aromatic rings. The van der Waals surface area contributed by atoms with E-state index in [0.29, 0.717) is 17.1 Å². The van der Waals surface area contributed by atoms with E-state index in [0.717, 1.165) is 0 Å². The number of rotatable bonds is 5. The number of hydrogen-bond acceptors (Lipinski definition) is 4. The summed E-state index contributed by atoms with van der Waals surface area (Å²) in [5.74, 6) is -0.268. The van der Waals surface area contributed by atoms with Crippen LogP contribution < -0.4 is 15.2 Å². The number of carboxylic acids is 1. The predicted molar refractivity (Wildman–Crippen MR) is 63.3 cm³/mol. The quantitative estimate of drug-likeness (QED) is 0.815. The second kappa shape index (κ2) is 5.54. The first-order valence-electron chi connectivity index (χ1n) is 5.29. The van der Waals surface area contributed by atoms with Gasteiger partial charge in [0.1, 0.15) is 17.5 Å². The van der Waals surface area contributed by atoms with Gasteiger partial charge in [-0.25, -0.2) is 0 Å². The van der Waals surface area contributed by atoms with Gasteiger partial charge in [0.15, 0.2) is 0 Å². The van der Waals surface area contributed by atoms with Crippen molar-refractivity contribution >= 4 is 5.97 Å². The van der Waals surface area contributed by atoms with Gasteiger partial charge in [0.25, 0.3) is 0 Å². The number of benzene rings is 1. The maximum absolute atomic E-state index is 11.0. The summed E-state index contributed by atoms with van der Waals surface area (Å²) in [5.41, 5.74) is 5.99. The third-order valence-electron chi connectivity index (χ3n) is 2.19. The lowest BCUT2D eigenvalue weighted by Crippen LogP contribution is -2.23. The standard InChI is InChI=1S/C12H17NO4/c1-7(2)17-9-6-4-5-8(16-3)10(9)11(13)12(14)15/h4-7,11H,13H2,1-3H3,(H,14,15). The Labute approximate surface area is 100 Å². The molecule has 3 N–H and O–H groups in total. The Balaban J connectivity index is 3.24. The summed E-state index contributed by atoms with van der Waals surface area (Å²) in [4.78, 5) is 11.0. The number of aliphatic carboxylic acids is 1. The number of hydrogen-bond donors (Lipinski definition) is 2. The second-order valence-corrected chi connectivity index (χ2v) is 3.85. The van der Waals surface area contributed by atoms with Gasteiger partial charge in [-0.15, -0.1) is 0 Å². The average Bonchev–Trinajstić information content (AvgIpc) is 2.26. The SMILES string of the molecule is COc1cccc(OC(C)C)c1C(N)C(=O)O. The van der Waals surface area contributed by atoms with Crippen LogP contribution in [-0.4, -0.2) is 24.3 Å². The van der Waals surface area contributed by atoms with Crippen molar-refractivity contribution in [2.24, 2.45) is 5.73 Å². The Morgan fingerprint density at radius 3 is 2.41 bits per heavy atom. The molecule has 0 fully saturated rings. The van der Waals surface area contributed by atoms with Crippen LogP contribution in [0.2, 0.25) is 0 Å². The highest BCUT2D eigenvalue weighted by molar-refractivity contribution is 5.77. The van der Waals surface area contributed by atoms with E-state index in [2.05, 4.69) is 0 Å². The maximum Gasteiger partial charge on any atom is 0.325 e. The third kappa shape index (κ3) is 3.10. The summed E-state index contributed by atoms with van der Waals surface area (Å²) < 4.78 is 10.7. The van der Waals surface area contributed by atoms with Gasteiger partial charge in [-0.05, 0) is 26.0 Å². The predicted octanol–water partition coefficient (Wildman–Crippen LogP) is 1.57. The van der Waals surface area contributed by atoms with Gasteiger partial charge in [-0.1, -0.05) is 6.07 Å². The largest absolute Gasteiger partial charge is 0.496 e. The van der Waals surface area contributed by atoms with Gasteiger partial charge < -0.3 is 20.3 Å². The Bertz CT molecular complexity index is 403. The van der Waals surface area contributed by atoms with E-state index in [-0.39, 0.29) is 6.10 Å². The smallest absolute Gasteiger partial charge is 0.325 e. The summed E-state index contributed by atoms with van der Waals surface area (Å²) in [6, 6.07) is 3.90. The molecule has 0 spiro atoms. The zero-order valence-electron chi connectivity index (χ0n) is 10.1. The minimum atomic E-state index is -1.17. The van der Waals surface area contributed by atoms with Crippen LogP contribution in [-0.2, 0) is 4.79 Å². The number of methoxy groups -OCH3 is 1. The highest BCUT2D eigenvalue weighted by atomic mass is 16.5. The molecule has 1 rings (SSSR count). The molecule has 5 heteroatoms. The average molecular weight is 239 g/mol. The highest BCUT2D eigenvalue weighted by Crippen LogP contribution is 2.33. The van der Waals surface area contributed by atoms with Crippen LogP contribution >= 0.6 is 0 Å². The molecule has 0 amide bonds. The first-order chi connectivity index (χ1) is 7.97. The molecule has 0 radical (unpaired) electrons. The molecular weight excluding hydrogens is 222 g/mol. The third-order valence-corrected chi connectivity index (χ3v) is 2.19. The molecule has 1 atom stereocenters. The lowest BCUT2D eigenvalue weighted by atomic mass is 10.1. The van der Waals surface area contributed by atoms with Gasteiger partial charge in [0.2, 0.25) is 0 Å². The molecule has 0 bridgehead atoms. The van der Waals surface area contributed by atoms with Crippen LogP contribution in [0, 0.1) is 0 Å². The fourth-order valence-corrected chi connectivity index (χ4v) is 1.49. The Morgan fingerprint density at radius 1 is 1.35 bits per heavy atom. The summed E-state index contributed by atoms with van der Waals surface area (Å²) in [5, 5.41) is 8.98. The summed E-state index contributed by atoms with van der Waals surface area (Å²) in [6.45, 7) is 3.71. The topological polar surface area (TPSA) is 81.8 Å². The summed E-state index contributed by atoms with van der Waals surface area (Å²) in [6.07, 6.45) is -0.0677. The first-order valence-corrected chi connectivity index (χ1v) is 5.29. The van der Waals surface area contributed by atoms with Crippen molar-refractivity contribution in [2.75, 3.05) is 7.11 Å². The number of carboxylic acid groups (broad SMARTS) is 1. The molecule has 0 aliphatic heterocycles. The van der Waals surface area contributed by atoms with E-state index < -0.39 is 12.0 Å². The van der Waals surface area contributed by atoms with E-state index >= 15 is 0 Å². The van der Waals surface area contributed by atoms with Crippen molar-refractivity contribution in [2.45, 2.75) is 26.0 Å². The molecular formula is C12H17NO4. The van der Waals surface area contributed by atoms with Crippen LogP contribution in [0.4, 0.5) is 0 Å². The summed E-state index contributed by atoms with van der Waals surface area (Å²) in [7, 11) is 1.46.